The SMILES string of the molecule is CCCCC(Nc1cc(OC)c(Br)cc1Br)C(=O)OC. The molecule has 0 aliphatic rings. The molecule has 0 amide bonds. The fraction of sp³-hybridized carbons (Fsp3) is 0.500. The number of unbranched alkanes of at least 4 members (excludes halogenated alkanes) is 1. The van der Waals surface area contributed by atoms with Gasteiger partial charge in [0.1, 0.15) is 11.8 Å². The smallest absolute Gasteiger partial charge is 0.328 e. The predicted molar refractivity (Wildman–Crippen MR) is 87.3 cm³/mol. The number of hydrogen-bond donors (Lipinski definition) is 1. The lowest BCUT2D eigenvalue weighted by Crippen LogP contribution is -2.30. The molecule has 0 radical (unpaired) electrons. The molecule has 0 saturated heterocycles. The number of nitrogens with one attached hydrogen (secondary N) is 1. The Bertz CT molecular complexity index is 466. The number of methoxy groups -OCH3 is 2. The first-order valence-corrected chi connectivity index (χ1v) is 7.99. The topological polar surface area (TPSA) is 47.6 Å². The first-order chi connectivity index (χ1) is 9.53. The van der Waals surface area contributed by atoms with E-state index in [0.29, 0.717) is 5.75 Å². The fourth-order valence-corrected chi connectivity index (χ4v) is 3.05. The van der Waals surface area contributed by atoms with Crippen LogP contribution >= 0.6 is 31.9 Å². The molecule has 0 heterocycles. The third kappa shape index (κ3) is 4.66. The molecule has 4 nitrogen and oxygen atoms in total. The number of halogens is 2. The van der Waals surface area contributed by atoms with Crippen molar-refractivity contribution < 1.29 is 14.3 Å². The van der Waals surface area contributed by atoms with E-state index in [2.05, 4.69) is 44.1 Å². The highest BCUT2D eigenvalue weighted by Gasteiger charge is 2.20. The third-order valence-electron chi connectivity index (χ3n) is 2.90. The van der Waals surface area contributed by atoms with Crippen molar-refractivity contribution in [3.05, 3.63) is 21.1 Å². The van der Waals surface area contributed by atoms with Gasteiger partial charge < -0.3 is 14.8 Å². The largest absolute Gasteiger partial charge is 0.495 e. The first kappa shape index (κ1) is 17.3. The second kappa shape index (κ2) is 8.52. The number of rotatable bonds is 7. The molecule has 6 heteroatoms. The molecule has 1 atom stereocenters. The molecule has 0 saturated carbocycles. The molecule has 0 fully saturated rings. The summed E-state index contributed by atoms with van der Waals surface area (Å²) in [7, 11) is 3.01. The Hall–Kier alpha value is -0.750. The van der Waals surface area contributed by atoms with Crippen LogP contribution in [0.4, 0.5) is 5.69 Å². The van der Waals surface area contributed by atoms with Crippen LogP contribution in [0.25, 0.3) is 0 Å². The van der Waals surface area contributed by atoms with Crippen molar-refractivity contribution in [2.24, 2.45) is 0 Å². The molecule has 20 heavy (non-hydrogen) atoms. The molecule has 0 aliphatic heterocycles. The van der Waals surface area contributed by atoms with E-state index in [1.165, 1.54) is 7.11 Å². The second-order valence-electron chi connectivity index (χ2n) is 4.33. The van der Waals surface area contributed by atoms with Crippen LogP contribution in [0.2, 0.25) is 0 Å². The Labute approximate surface area is 136 Å². The number of benzene rings is 1. The van der Waals surface area contributed by atoms with Gasteiger partial charge in [-0.2, -0.15) is 0 Å². The summed E-state index contributed by atoms with van der Waals surface area (Å²) in [6.07, 6.45) is 2.71. The first-order valence-electron chi connectivity index (χ1n) is 6.40. The van der Waals surface area contributed by atoms with Crippen LogP contribution in [0.1, 0.15) is 26.2 Å². The van der Waals surface area contributed by atoms with E-state index in [9.17, 15) is 4.79 Å². The minimum Gasteiger partial charge on any atom is -0.495 e. The van der Waals surface area contributed by atoms with Crippen LogP contribution in [0.15, 0.2) is 21.1 Å². The molecule has 0 aliphatic carbocycles. The van der Waals surface area contributed by atoms with Crippen molar-refractivity contribution in [1.82, 2.24) is 0 Å². The van der Waals surface area contributed by atoms with Crippen molar-refractivity contribution in [2.75, 3.05) is 19.5 Å². The molecular weight excluding hydrogens is 390 g/mol. The van der Waals surface area contributed by atoms with Gasteiger partial charge in [0.05, 0.1) is 24.4 Å². The lowest BCUT2D eigenvalue weighted by Gasteiger charge is -2.19. The summed E-state index contributed by atoms with van der Waals surface area (Å²) in [6, 6.07) is 3.37. The zero-order valence-electron chi connectivity index (χ0n) is 11.8. The van der Waals surface area contributed by atoms with E-state index < -0.39 is 0 Å². The quantitative estimate of drug-likeness (QED) is 0.680. The van der Waals surface area contributed by atoms with E-state index in [0.717, 1.165) is 33.9 Å². The van der Waals surface area contributed by atoms with Gasteiger partial charge in [-0.05, 0) is 44.3 Å². The summed E-state index contributed by atoms with van der Waals surface area (Å²) < 4.78 is 11.8. The van der Waals surface area contributed by atoms with E-state index in [4.69, 9.17) is 9.47 Å². The van der Waals surface area contributed by atoms with Gasteiger partial charge in [-0.25, -0.2) is 4.79 Å². The minimum absolute atomic E-state index is 0.257. The molecule has 0 bridgehead atoms. The number of esters is 1. The maximum atomic E-state index is 11.8. The molecule has 1 unspecified atom stereocenters. The number of carbonyl (C=O) groups excluding carboxylic acids is 1. The number of ether oxygens (including phenoxy) is 2. The maximum Gasteiger partial charge on any atom is 0.328 e. The molecule has 0 aromatic heterocycles. The molecule has 1 aromatic carbocycles. The molecule has 1 aromatic rings. The van der Waals surface area contributed by atoms with Crippen molar-refractivity contribution in [3.8, 4) is 5.75 Å². The summed E-state index contributed by atoms with van der Waals surface area (Å²) >= 11 is 6.90. The minimum atomic E-state index is -0.359. The summed E-state index contributed by atoms with van der Waals surface area (Å²) in [4.78, 5) is 11.8. The maximum absolute atomic E-state index is 11.8. The van der Waals surface area contributed by atoms with Crippen LogP contribution in [-0.2, 0) is 9.53 Å². The Morgan fingerprint density at radius 3 is 2.55 bits per heavy atom. The van der Waals surface area contributed by atoms with E-state index in [1.807, 2.05) is 12.1 Å². The monoisotopic (exact) mass is 407 g/mol. The Morgan fingerprint density at radius 1 is 1.30 bits per heavy atom. The normalized spacial score (nSPS) is 11.8. The molecule has 1 N–H and O–H groups in total. The van der Waals surface area contributed by atoms with Gasteiger partial charge in [-0.15, -0.1) is 0 Å². The summed E-state index contributed by atoms with van der Waals surface area (Å²) in [5.41, 5.74) is 0.802. The highest BCUT2D eigenvalue weighted by Crippen LogP contribution is 2.35. The van der Waals surface area contributed by atoms with Gasteiger partial charge in [-0.3, -0.25) is 0 Å². The van der Waals surface area contributed by atoms with Crippen LogP contribution in [-0.4, -0.2) is 26.2 Å². The summed E-state index contributed by atoms with van der Waals surface area (Å²) in [5, 5.41) is 3.21. The van der Waals surface area contributed by atoms with Gasteiger partial charge in [0.25, 0.3) is 0 Å². The van der Waals surface area contributed by atoms with Gasteiger partial charge >= 0.3 is 5.97 Å². The third-order valence-corrected chi connectivity index (χ3v) is 4.18. The lowest BCUT2D eigenvalue weighted by molar-refractivity contribution is -0.141. The van der Waals surface area contributed by atoms with Crippen molar-refractivity contribution in [1.29, 1.82) is 0 Å². The Balaban J connectivity index is 2.94. The second-order valence-corrected chi connectivity index (χ2v) is 6.04. The van der Waals surface area contributed by atoms with Crippen molar-refractivity contribution in [2.45, 2.75) is 32.2 Å². The number of hydrogen-bond acceptors (Lipinski definition) is 4. The molecular formula is C14H19Br2NO3. The molecule has 112 valence electrons. The summed E-state index contributed by atoms with van der Waals surface area (Å²) in [5.74, 6) is 0.446. The van der Waals surface area contributed by atoms with E-state index >= 15 is 0 Å². The van der Waals surface area contributed by atoms with Gasteiger partial charge in [0, 0.05) is 10.5 Å². The van der Waals surface area contributed by atoms with Gasteiger partial charge in [0.15, 0.2) is 0 Å². The van der Waals surface area contributed by atoms with Gasteiger partial charge in [0.2, 0.25) is 0 Å². The highest BCUT2D eigenvalue weighted by molar-refractivity contribution is 9.11. The van der Waals surface area contributed by atoms with Crippen LogP contribution in [0.3, 0.4) is 0 Å². The average Bonchev–Trinajstić information content (AvgIpc) is 2.44. The van der Waals surface area contributed by atoms with Crippen molar-refractivity contribution >= 4 is 43.5 Å². The Kier molecular flexibility index (Phi) is 7.37. The molecule has 1 rings (SSSR count). The van der Waals surface area contributed by atoms with Crippen LogP contribution < -0.4 is 10.1 Å². The Morgan fingerprint density at radius 2 is 2.00 bits per heavy atom. The standard InChI is InChI=1S/C14H19Br2NO3/c1-4-5-6-11(14(18)20-3)17-12-8-13(19-2)10(16)7-9(12)15/h7-8,11,17H,4-6H2,1-3H3. The number of carbonyl (C=O) groups is 1. The highest BCUT2D eigenvalue weighted by atomic mass is 79.9. The molecule has 0 spiro atoms. The fourth-order valence-electron chi connectivity index (χ4n) is 1.78. The van der Waals surface area contributed by atoms with Crippen LogP contribution in [0, 0.1) is 0 Å². The summed E-state index contributed by atoms with van der Waals surface area (Å²) in [6.45, 7) is 2.09. The number of anilines is 1. The average molecular weight is 409 g/mol. The predicted octanol–water partition coefficient (Wildman–Crippen LogP) is 4.36. The lowest BCUT2D eigenvalue weighted by atomic mass is 10.1. The zero-order valence-corrected chi connectivity index (χ0v) is 15.0. The van der Waals surface area contributed by atoms with E-state index in [-0.39, 0.29) is 12.0 Å². The van der Waals surface area contributed by atoms with Crippen LogP contribution in [0.5, 0.6) is 5.75 Å². The zero-order chi connectivity index (χ0) is 15.1. The van der Waals surface area contributed by atoms with Crippen molar-refractivity contribution in [3.63, 3.8) is 0 Å². The van der Waals surface area contributed by atoms with Gasteiger partial charge in [-0.1, -0.05) is 19.8 Å². The van der Waals surface area contributed by atoms with E-state index in [1.54, 1.807) is 7.11 Å².